The summed E-state index contributed by atoms with van der Waals surface area (Å²) in [5.74, 6) is 0. The molecule has 0 amide bonds. The third-order valence-electron chi connectivity index (χ3n) is 1.86. The predicted octanol–water partition coefficient (Wildman–Crippen LogP) is 2.81. The molecule has 1 N–H and O–H groups in total. The molecule has 0 aliphatic heterocycles. The van der Waals surface area contributed by atoms with Gasteiger partial charge >= 0.3 is 0 Å². The van der Waals surface area contributed by atoms with E-state index in [1.165, 1.54) is 12.8 Å². The lowest BCUT2D eigenvalue weighted by Gasteiger charge is -2.12. The molecule has 0 fully saturated rings. The molecule has 1 nitrogen and oxygen atoms in total. The molecule has 0 radical (unpaired) electrons. The van der Waals surface area contributed by atoms with Crippen molar-refractivity contribution in [2.24, 2.45) is 0 Å². The summed E-state index contributed by atoms with van der Waals surface area (Å²) in [4.78, 5) is 0. The highest BCUT2D eigenvalue weighted by Crippen LogP contribution is 2.03. The fraction of sp³-hybridized carbons (Fsp3) is 1.00. The van der Waals surface area contributed by atoms with E-state index in [0.717, 1.165) is 12.8 Å². The highest BCUT2D eigenvalue weighted by Gasteiger charge is 2.05. The highest BCUT2D eigenvalue weighted by atomic mass is 19.3. The number of halogens is 2. The second-order valence-corrected chi connectivity index (χ2v) is 3.20. The van der Waals surface area contributed by atoms with Crippen molar-refractivity contribution >= 4 is 0 Å². The maximum atomic E-state index is 11.7. The zero-order chi connectivity index (χ0) is 9.40. The summed E-state index contributed by atoms with van der Waals surface area (Å²) in [6, 6.07) is 0.227. The molecule has 1 atom stereocenters. The summed E-state index contributed by atoms with van der Waals surface area (Å²) in [5.41, 5.74) is 0. The molecule has 0 rings (SSSR count). The maximum Gasteiger partial charge on any atom is 0.250 e. The first-order chi connectivity index (χ1) is 5.66. The van der Waals surface area contributed by atoms with E-state index in [1.54, 1.807) is 0 Å². The van der Waals surface area contributed by atoms with Gasteiger partial charge in [0.1, 0.15) is 0 Å². The van der Waals surface area contributed by atoms with Crippen LogP contribution in [0.3, 0.4) is 0 Å². The summed E-state index contributed by atoms with van der Waals surface area (Å²) in [6.07, 6.45) is 2.29. The van der Waals surface area contributed by atoms with Crippen LogP contribution in [0.5, 0.6) is 0 Å². The Kier molecular flexibility index (Phi) is 7.36. The number of alkyl halides is 2. The van der Waals surface area contributed by atoms with Gasteiger partial charge in [0.2, 0.25) is 0 Å². The maximum absolute atomic E-state index is 11.7. The van der Waals surface area contributed by atoms with Crippen LogP contribution >= 0.6 is 0 Å². The van der Waals surface area contributed by atoms with Gasteiger partial charge in [-0.2, -0.15) is 0 Å². The molecule has 3 heteroatoms. The molecule has 0 aliphatic rings. The number of unbranched alkanes of at least 4 members (excludes halogenated alkanes) is 2. The normalized spacial score (nSPS) is 13.8. The largest absolute Gasteiger partial charge is 0.309 e. The summed E-state index contributed by atoms with van der Waals surface area (Å²) < 4.78 is 23.4. The minimum Gasteiger partial charge on any atom is -0.309 e. The van der Waals surface area contributed by atoms with Crippen molar-refractivity contribution in [2.45, 2.75) is 52.0 Å². The third kappa shape index (κ3) is 7.92. The van der Waals surface area contributed by atoms with Gasteiger partial charge < -0.3 is 5.32 Å². The molecule has 0 saturated heterocycles. The summed E-state index contributed by atoms with van der Waals surface area (Å²) in [5, 5.41) is 2.79. The lowest BCUT2D eigenvalue weighted by atomic mass is 10.1. The molecule has 0 aliphatic carbocycles. The Balaban J connectivity index is 3.15. The van der Waals surface area contributed by atoms with Crippen LogP contribution in [0.2, 0.25) is 0 Å². The van der Waals surface area contributed by atoms with Crippen molar-refractivity contribution < 1.29 is 8.78 Å². The lowest BCUT2D eigenvalue weighted by Crippen LogP contribution is -2.30. The highest BCUT2D eigenvalue weighted by molar-refractivity contribution is 4.60. The molecule has 0 aromatic rings. The molecule has 0 heterocycles. The third-order valence-corrected chi connectivity index (χ3v) is 1.86. The molecular weight excluding hydrogens is 160 g/mol. The fourth-order valence-electron chi connectivity index (χ4n) is 1.09. The van der Waals surface area contributed by atoms with Crippen molar-refractivity contribution in [1.82, 2.24) is 5.32 Å². The summed E-state index contributed by atoms with van der Waals surface area (Å²) in [6.45, 7) is 3.92. The minimum atomic E-state index is -2.22. The van der Waals surface area contributed by atoms with Gasteiger partial charge in [0.15, 0.2) is 0 Å². The van der Waals surface area contributed by atoms with E-state index < -0.39 is 6.43 Å². The Morgan fingerprint density at radius 3 is 2.42 bits per heavy atom. The van der Waals surface area contributed by atoms with E-state index in [-0.39, 0.29) is 12.6 Å². The van der Waals surface area contributed by atoms with E-state index in [9.17, 15) is 8.78 Å². The van der Waals surface area contributed by atoms with Crippen molar-refractivity contribution in [3.8, 4) is 0 Å². The fourth-order valence-corrected chi connectivity index (χ4v) is 1.09. The molecule has 0 bridgehead atoms. The molecule has 0 spiro atoms. The van der Waals surface area contributed by atoms with Gasteiger partial charge in [-0.15, -0.1) is 0 Å². The van der Waals surface area contributed by atoms with E-state index >= 15 is 0 Å². The van der Waals surface area contributed by atoms with Crippen LogP contribution < -0.4 is 5.32 Å². The second-order valence-electron chi connectivity index (χ2n) is 3.20. The van der Waals surface area contributed by atoms with Crippen LogP contribution in [0.25, 0.3) is 0 Å². The SMILES string of the molecule is CCCCCC(C)NCC(F)F. The number of hydrogen-bond donors (Lipinski definition) is 1. The van der Waals surface area contributed by atoms with Gasteiger partial charge in [-0.3, -0.25) is 0 Å². The molecule has 12 heavy (non-hydrogen) atoms. The number of nitrogens with one attached hydrogen (secondary N) is 1. The van der Waals surface area contributed by atoms with E-state index in [1.807, 2.05) is 6.92 Å². The Labute approximate surface area is 73.5 Å². The van der Waals surface area contributed by atoms with Gasteiger partial charge in [0, 0.05) is 6.04 Å². The molecule has 0 saturated carbocycles. The van der Waals surface area contributed by atoms with Gasteiger partial charge in [0.05, 0.1) is 6.54 Å². The molecule has 0 aromatic carbocycles. The first kappa shape index (κ1) is 11.8. The lowest BCUT2D eigenvalue weighted by molar-refractivity contribution is 0.141. The van der Waals surface area contributed by atoms with Crippen LogP contribution in [0.15, 0.2) is 0 Å². The Bertz CT molecular complexity index is 96.5. The topological polar surface area (TPSA) is 12.0 Å². The smallest absolute Gasteiger partial charge is 0.250 e. The first-order valence-electron chi connectivity index (χ1n) is 4.68. The van der Waals surface area contributed by atoms with Gasteiger partial charge in [-0.25, -0.2) is 8.78 Å². The summed E-state index contributed by atoms with van der Waals surface area (Å²) >= 11 is 0. The molecule has 1 unspecified atom stereocenters. The Morgan fingerprint density at radius 1 is 1.25 bits per heavy atom. The van der Waals surface area contributed by atoms with Crippen LogP contribution in [-0.2, 0) is 0 Å². The Morgan fingerprint density at radius 2 is 1.92 bits per heavy atom. The number of hydrogen-bond acceptors (Lipinski definition) is 1. The predicted molar refractivity (Wildman–Crippen MR) is 47.6 cm³/mol. The second kappa shape index (κ2) is 7.47. The van der Waals surface area contributed by atoms with Crippen LogP contribution in [-0.4, -0.2) is 19.0 Å². The van der Waals surface area contributed by atoms with Gasteiger partial charge in [-0.05, 0) is 13.3 Å². The van der Waals surface area contributed by atoms with Gasteiger partial charge in [0.25, 0.3) is 6.43 Å². The standard InChI is InChI=1S/C9H19F2N/c1-3-4-5-6-8(2)12-7-9(10)11/h8-9,12H,3-7H2,1-2H3. The zero-order valence-corrected chi connectivity index (χ0v) is 7.95. The first-order valence-corrected chi connectivity index (χ1v) is 4.68. The average molecular weight is 179 g/mol. The monoisotopic (exact) mass is 179 g/mol. The van der Waals surface area contributed by atoms with E-state index in [2.05, 4.69) is 12.2 Å². The van der Waals surface area contributed by atoms with Crippen molar-refractivity contribution in [1.29, 1.82) is 0 Å². The average Bonchev–Trinajstić information content (AvgIpc) is 2.01. The quantitative estimate of drug-likeness (QED) is 0.592. The van der Waals surface area contributed by atoms with Gasteiger partial charge in [-0.1, -0.05) is 26.2 Å². The van der Waals surface area contributed by atoms with Crippen LogP contribution in [0, 0.1) is 0 Å². The summed E-state index contributed by atoms with van der Waals surface area (Å²) in [7, 11) is 0. The molecule has 74 valence electrons. The van der Waals surface area contributed by atoms with Crippen LogP contribution in [0.1, 0.15) is 39.5 Å². The van der Waals surface area contributed by atoms with Crippen molar-refractivity contribution in [2.75, 3.05) is 6.54 Å². The van der Waals surface area contributed by atoms with Crippen LogP contribution in [0.4, 0.5) is 8.78 Å². The molecular formula is C9H19F2N. The zero-order valence-electron chi connectivity index (χ0n) is 7.95. The van der Waals surface area contributed by atoms with E-state index in [0.29, 0.717) is 0 Å². The molecule has 0 aromatic heterocycles. The van der Waals surface area contributed by atoms with E-state index in [4.69, 9.17) is 0 Å². The van der Waals surface area contributed by atoms with Crippen molar-refractivity contribution in [3.63, 3.8) is 0 Å². The Hall–Kier alpha value is -0.180. The minimum absolute atomic E-state index is 0.173. The van der Waals surface area contributed by atoms with Crippen molar-refractivity contribution in [3.05, 3.63) is 0 Å². The number of rotatable bonds is 7.